The first kappa shape index (κ1) is 23.7. The molecule has 168 valence electrons. The van der Waals surface area contributed by atoms with Gasteiger partial charge in [0.2, 0.25) is 5.91 Å². The Bertz CT molecular complexity index is 1300. The van der Waals surface area contributed by atoms with Gasteiger partial charge >= 0.3 is 5.69 Å². The fourth-order valence-corrected chi connectivity index (χ4v) is 4.57. The van der Waals surface area contributed by atoms with Crippen molar-refractivity contribution in [1.29, 1.82) is 5.41 Å². The molecular weight excluding hydrogens is 475 g/mol. The molecule has 3 aromatic rings. The number of nitrogens with one attached hydrogen (secondary N) is 3. The number of amides is 1. The number of aromatic nitrogens is 3. The highest BCUT2D eigenvalue weighted by Gasteiger charge is 2.16. The summed E-state index contributed by atoms with van der Waals surface area (Å²) in [7, 11) is 2.77. The smallest absolute Gasteiger partial charge is 0.331 e. The summed E-state index contributed by atoms with van der Waals surface area (Å²) in [6.07, 6.45) is 1.60. The van der Waals surface area contributed by atoms with Crippen LogP contribution in [0.15, 0.2) is 27.1 Å². The third-order valence-electron chi connectivity index (χ3n) is 4.81. The van der Waals surface area contributed by atoms with E-state index < -0.39 is 17.2 Å². The highest BCUT2D eigenvalue weighted by molar-refractivity contribution is 7.14. The van der Waals surface area contributed by atoms with E-state index >= 15 is 0 Å². The van der Waals surface area contributed by atoms with Gasteiger partial charge in [-0.1, -0.05) is 30.1 Å². The minimum Gasteiger partial charge on any atom is -0.370 e. The maximum atomic E-state index is 12.4. The Morgan fingerprint density at radius 2 is 1.88 bits per heavy atom. The fraction of sp³-hybridized carbons (Fsp3) is 0.250. The van der Waals surface area contributed by atoms with Crippen molar-refractivity contribution in [3.05, 3.63) is 59.7 Å². The van der Waals surface area contributed by atoms with Crippen molar-refractivity contribution >= 4 is 57.5 Å². The van der Waals surface area contributed by atoms with Gasteiger partial charge in [-0.3, -0.25) is 18.7 Å². The van der Waals surface area contributed by atoms with E-state index in [9.17, 15) is 14.4 Å². The number of nitrogens with zero attached hydrogens (tertiary/aromatic N) is 3. The number of carbonyl (C=O) groups is 1. The Morgan fingerprint density at radius 3 is 2.47 bits per heavy atom. The second-order valence-electron chi connectivity index (χ2n) is 6.82. The standard InChI is InChI=1S/C20H20Cl2N6O3S/c1-4-11-12(21)5-10(6-13(11)22)14-9-32-19(25-14)26-16(29)8-24-17-15(7-23)27(2)20(31)28(3)18(17)30/h5-7,9,23-24H,4,8H2,1-3H3,(H,25,26,29). The molecule has 1 aromatic carbocycles. The molecule has 0 bridgehead atoms. The van der Waals surface area contributed by atoms with Crippen LogP contribution < -0.4 is 21.9 Å². The zero-order valence-corrected chi connectivity index (χ0v) is 19.8. The van der Waals surface area contributed by atoms with Crippen LogP contribution in [0.25, 0.3) is 11.3 Å². The molecule has 12 heteroatoms. The molecular formula is C20H20Cl2N6O3S. The second-order valence-corrected chi connectivity index (χ2v) is 8.49. The van der Waals surface area contributed by atoms with E-state index in [4.69, 9.17) is 28.6 Å². The number of carbonyl (C=O) groups excluding carboxylic acids is 1. The Hall–Kier alpha value is -2.95. The number of hydrogen-bond donors (Lipinski definition) is 3. The third-order valence-corrected chi connectivity index (χ3v) is 6.25. The predicted octanol–water partition coefficient (Wildman–Crippen LogP) is 3.12. The molecule has 1 amide bonds. The topological polar surface area (TPSA) is 122 Å². The van der Waals surface area contributed by atoms with Gasteiger partial charge in [0.15, 0.2) is 5.13 Å². The summed E-state index contributed by atoms with van der Waals surface area (Å²) in [6.45, 7) is 1.71. The van der Waals surface area contributed by atoms with Crippen LogP contribution in [0.4, 0.5) is 10.8 Å². The fourth-order valence-electron chi connectivity index (χ4n) is 3.08. The first-order valence-corrected chi connectivity index (χ1v) is 11.1. The summed E-state index contributed by atoms with van der Waals surface area (Å²) in [5, 5.41) is 16.1. The average Bonchev–Trinajstić information content (AvgIpc) is 3.22. The molecule has 0 atom stereocenters. The first-order valence-electron chi connectivity index (χ1n) is 9.45. The van der Waals surface area contributed by atoms with Crippen LogP contribution in [0.5, 0.6) is 0 Å². The molecule has 0 spiro atoms. The number of hydrogen-bond acceptors (Lipinski definition) is 7. The molecule has 3 rings (SSSR count). The van der Waals surface area contributed by atoms with E-state index in [2.05, 4.69) is 15.6 Å². The van der Waals surface area contributed by atoms with E-state index in [0.29, 0.717) is 27.3 Å². The van der Waals surface area contributed by atoms with Gasteiger partial charge in [-0.15, -0.1) is 11.3 Å². The van der Waals surface area contributed by atoms with E-state index in [1.807, 2.05) is 6.92 Å². The Labute approximate surface area is 197 Å². The summed E-state index contributed by atoms with van der Waals surface area (Å²) in [6, 6.07) is 3.56. The minimum absolute atomic E-state index is 0.0140. The van der Waals surface area contributed by atoms with Crippen molar-refractivity contribution in [2.75, 3.05) is 17.2 Å². The molecule has 32 heavy (non-hydrogen) atoms. The van der Waals surface area contributed by atoms with E-state index in [0.717, 1.165) is 26.5 Å². The molecule has 0 saturated heterocycles. The summed E-state index contributed by atoms with van der Waals surface area (Å²) in [5.74, 6) is -0.449. The number of thiazole rings is 1. The van der Waals surface area contributed by atoms with Gasteiger partial charge in [-0.05, 0) is 24.1 Å². The van der Waals surface area contributed by atoms with Crippen LogP contribution in [0.3, 0.4) is 0 Å². The molecule has 0 aliphatic heterocycles. The molecule has 0 fully saturated rings. The van der Waals surface area contributed by atoms with Gasteiger partial charge in [0, 0.05) is 41.3 Å². The average molecular weight is 495 g/mol. The zero-order valence-electron chi connectivity index (χ0n) is 17.5. The molecule has 2 heterocycles. The SMILES string of the molecule is CCc1c(Cl)cc(-c2csc(NC(=O)CNc3c(C=N)n(C)c(=O)n(C)c3=O)n2)cc1Cl. The van der Waals surface area contributed by atoms with Gasteiger partial charge < -0.3 is 16.0 Å². The van der Waals surface area contributed by atoms with Gasteiger partial charge in [0.05, 0.1) is 17.9 Å². The first-order chi connectivity index (χ1) is 15.2. The second kappa shape index (κ2) is 9.68. The van der Waals surface area contributed by atoms with Crippen LogP contribution in [0.1, 0.15) is 18.2 Å². The lowest BCUT2D eigenvalue weighted by Gasteiger charge is -2.13. The molecule has 3 N–H and O–H groups in total. The quantitative estimate of drug-likeness (QED) is 0.435. The number of rotatable bonds is 7. The van der Waals surface area contributed by atoms with Crippen molar-refractivity contribution in [3.63, 3.8) is 0 Å². The number of anilines is 2. The van der Waals surface area contributed by atoms with Crippen LogP contribution in [0.2, 0.25) is 10.0 Å². The largest absolute Gasteiger partial charge is 0.370 e. The number of benzene rings is 1. The zero-order chi connectivity index (χ0) is 23.6. The maximum Gasteiger partial charge on any atom is 0.331 e. The van der Waals surface area contributed by atoms with Gasteiger partial charge in [-0.25, -0.2) is 9.78 Å². The normalized spacial score (nSPS) is 10.8. The highest BCUT2D eigenvalue weighted by atomic mass is 35.5. The Balaban J connectivity index is 1.74. The molecule has 9 nitrogen and oxygen atoms in total. The molecule has 2 aromatic heterocycles. The van der Waals surface area contributed by atoms with Gasteiger partial charge in [-0.2, -0.15) is 0 Å². The lowest BCUT2D eigenvalue weighted by Crippen LogP contribution is -2.41. The van der Waals surface area contributed by atoms with Crippen molar-refractivity contribution < 1.29 is 4.79 Å². The van der Waals surface area contributed by atoms with Crippen LogP contribution in [-0.4, -0.2) is 32.8 Å². The van der Waals surface area contributed by atoms with Crippen molar-refractivity contribution in [2.24, 2.45) is 14.1 Å². The monoisotopic (exact) mass is 494 g/mol. The molecule has 0 radical (unpaired) electrons. The molecule has 0 aliphatic rings. The van der Waals surface area contributed by atoms with Crippen molar-refractivity contribution in [2.45, 2.75) is 13.3 Å². The maximum absolute atomic E-state index is 12.4. The lowest BCUT2D eigenvalue weighted by molar-refractivity contribution is -0.114. The Kier molecular flexibility index (Phi) is 7.17. The van der Waals surface area contributed by atoms with Crippen molar-refractivity contribution in [3.8, 4) is 11.3 Å². The summed E-state index contributed by atoms with van der Waals surface area (Å²) >= 11 is 13.8. The van der Waals surface area contributed by atoms with Crippen molar-refractivity contribution in [1.82, 2.24) is 14.1 Å². The van der Waals surface area contributed by atoms with Crippen LogP contribution in [-0.2, 0) is 25.3 Å². The minimum atomic E-state index is -0.625. The molecule has 0 saturated carbocycles. The summed E-state index contributed by atoms with van der Waals surface area (Å²) in [4.78, 5) is 41.1. The predicted molar refractivity (Wildman–Crippen MR) is 129 cm³/mol. The Morgan fingerprint density at radius 1 is 1.22 bits per heavy atom. The number of halogens is 2. The van der Waals surface area contributed by atoms with E-state index in [1.165, 1.54) is 25.4 Å². The molecule has 0 unspecified atom stereocenters. The van der Waals surface area contributed by atoms with E-state index in [1.54, 1.807) is 17.5 Å². The molecule has 0 aliphatic carbocycles. The van der Waals surface area contributed by atoms with E-state index in [-0.39, 0.29) is 17.9 Å². The third kappa shape index (κ3) is 4.62. The summed E-state index contributed by atoms with van der Waals surface area (Å²) in [5.41, 5.74) is 1.08. The highest BCUT2D eigenvalue weighted by Crippen LogP contribution is 2.33. The summed E-state index contributed by atoms with van der Waals surface area (Å²) < 4.78 is 2.06. The van der Waals surface area contributed by atoms with Crippen LogP contribution >= 0.6 is 34.5 Å². The van der Waals surface area contributed by atoms with Crippen LogP contribution in [0, 0.1) is 5.41 Å². The van der Waals surface area contributed by atoms with Gasteiger partial charge in [0.25, 0.3) is 5.56 Å². The lowest BCUT2D eigenvalue weighted by atomic mass is 10.1. The van der Waals surface area contributed by atoms with Gasteiger partial charge in [0.1, 0.15) is 5.69 Å².